The van der Waals surface area contributed by atoms with Crippen molar-refractivity contribution in [2.24, 2.45) is 0 Å². The minimum absolute atomic E-state index is 0. The third-order valence-corrected chi connectivity index (χ3v) is 7.28. The number of rotatable bonds is 3. The van der Waals surface area contributed by atoms with Gasteiger partial charge in [-0.25, -0.2) is 0 Å². The maximum absolute atomic E-state index is 5.28. The van der Waals surface area contributed by atoms with Crippen LogP contribution in [0.5, 0.6) is 0 Å². The molecule has 4 heterocycles. The normalized spacial score (nSPS) is 17.6. The molecule has 0 saturated heterocycles. The van der Waals surface area contributed by atoms with Crippen LogP contribution in [-0.4, -0.2) is 15.0 Å². The van der Waals surface area contributed by atoms with E-state index >= 15 is 0 Å². The number of hydrogen-bond acceptors (Lipinski definition) is 3. The molecule has 0 fully saturated rings. The van der Waals surface area contributed by atoms with E-state index < -0.39 is 0 Å². The fourth-order valence-electron chi connectivity index (χ4n) is 5.54. The fraction of sp³-hybridized carbons (Fsp3) is 0.0833. The van der Waals surface area contributed by atoms with Crippen molar-refractivity contribution in [3.8, 4) is 0 Å². The molecule has 7 rings (SSSR count). The Kier molecular flexibility index (Phi) is 7.46. The number of fused-ring (bicyclic) bond motifs is 6. The molecule has 6 aromatic rings. The molecule has 0 N–H and O–H groups in total. The van der Waals surface area contributed by atoms with E-state index in [-0.39, 0.29) is 37.9 Å². The molecule has 6 bridgehead atoms. The molecule has 0 amide bonds. The Labute approximate surface area is 248 Å². The molecule has 1 aliphatic heterocycles. The van der Waals surface area contributed by atoms with Crippen LogP contribution in [0, 0.1) is 18.2 Å². The summed E-state index contributed by atoms with van der Waals surface area (Å²) in [4.78, 5) is 15.8. The Morgan fingerprint density at radius 2 is 0.625 bits per heavy atom. The van der Waals surface area contributed by atoms with Gasteiger partial charge in [0.25, 0.3) is 0 Å². The summed E-state index contributed by atoms with van der Waals surface area (Å²) in [5.41, 5.74) is 8.68. The van der Waals surface area contributed by atoms with Gasteiger partial charge in [-0.3, -0.25) is 15.0 Å². The second-order valence-corrected chi connectivity index (χ2v) is 9.71. The molecule has 3 nitrogen and oxygen atoms in total. The summed E-state index contributed by atoms with van der Waals surface area (Å²) < 4.78 is 0. The van der Waals surface area contributed by atoms with Crippen LogP contribution >= 0.6 is 0 Å². The Hall–Kier alpha value is -4.24. The third-order valence-electron chi connectivity index (χ3n) is 7.28. The molecular weight excluding hydrogens is 667 g/mol. The molecule has 0 atom stereocenters. The molecule has 0 spiro atoms. The molecule has 3 aromatic carbocycles. The maximum Gasteiger partial charge on any atom is 3.00 e. The Morgan fingerprint density at radius 3 is 0.850 bits per heavy atom. The van der Waals surface area contributed by atoms with E-state index in [2.05, 4.69) is 91.0 Å². The molecule has 4 heteroatoms. The van der Waals surface area contributed by atoms with Gasteiger partial charge in [-0.05, 0) is 36.4 Å². The van der Waals surface area contributed by atoms with Crippen molar-refractivity contribution in [2.75, 3.05) is 0 Å². The zero-order valence-corrected chi connectivity index (χ0v) is 23.9. The molecule has 40 heavy (non-hydrogen) atoms. The van der Waals surface area contributed by atoms with Crippen LogP contribution in [-0.2, 0) is 20.1 Å². The van der Waals surface area contributed by atoms with Gasteiger partial charge in [-0.1, -0.05) is 18.2 Å². The first kappa shape index (κ1) is 26.0. The second kappa shape index (κ2) is 11.5. The van der Waals surface area contributed by atoms with E-state index in [0.717, 1.165) is 50.9 Å². The summed E-state index contributed by atoms with van der Waals surface area (Å²) in [6, 6.07) is 53.5. The van der Waals surface area contributed by atoms with Crippen LogP contribution in [0.15, 0.2) is 127 Å². The summed E-state index contributed by atoms with van der Waals surface area (Å²) in [6.07, 6.45) is 0. The van der Waals surface area contributed by atoms with Gasteiger partial charge < -0.3 is 0 Å². The van der Waals surface area contributed by atoms with Crippen LogP contribution in [0.2, 0.25) is 0 Å². The van der Waals surface area contributed by atoms with Crippen molar-refractivity contribution in [3.63, 3.8) is 0 Å². The van der Waals surface area contributed by atoms with Gasteiger partial charge in [-0.2, -0.15) is 91.0 Å². The summed E-state index contributed by atoms with van der Waals surface area (Å²) in [6.45, 7) is 0. The van der Waals surface area contributed by atoms with Crippen LogP contribution < -0.4 is 0 Å². The van der Waals surface area contributed by atoms with Crippen molar-refractivity contribution in [1.82, 2.24) is 15.0 Å². The van der Waals surface area contributed by atoms with Gasteiger partial charge in [0, 0.05) is 17.8 Å². The molecule has 0 radical (unpaired) electrons. The second-order valence-electron chi connectivity index (χ2n) is 9.71. The number of nitrogens with zero attached hydrogens (tertiary/aromatic N) is 3. The maximum atomic E-state index is 5.28. The number of hydrogen-bond donors (Lipinski definition) is 0. The molecular formula is C36H24IrN3. The van der Waals surface area contributed by atoms with Crippen molar-refractivity contribution >= 4 is 0 Å². The van der Waals surface area contributed by atoms with Crippen LogP contribution in [0.1, 0.15) is 68.6 Å². The largest absolute Gasteiger partial charge is 3.00 e. The Bertz CT molecular complexity index is 1460. The smallest absolute Gasteiger partial charge is 0.256 e. The standard InChI is InChI=1S/C36H24N3.Ir/c1-4-13-25(14-5-1)34-28-19-10-21-30(37-28)35(26-15-6-2-7-16-26)32-23-12-24-33(39-32)36(27-17-8-3-9-18-27)31-22-11-20-29(34)38-31;/h1-13,15,17,19-24,34-36H;/q-3;+3. The number of pyridine rings is 3. The number of aromatic nitrogens is 3. The van der Waals surface area contributed by atoms with Gasteiger partial charge >= 0.3 is 20.1 Å². The monoisotopic (exact) mass is 691 g/mol. The zero-order valence-electron chi connectivity index (χ0n) is 21.5. The van der Waals surface area contributed by atoms with Crippen molar-refractivity contribution in [3.05, 3.63) is 196 Å². The average Bonchev–Trinajstić information content (AvgIpc) is 3.00. The van der Waals surface area contributed by atoms with Crippen LogP contribution in [0.4, 0.5) is 0 Å². The van der Waals surface area contributed by atoms with Crippen LogP contribution in [0.25, 0.3) is 0 Å². The number of benzene rings is 3. The van der Waals surface area contributed by atoms with Gasteiger partial charge in [0.2, 0.25) is 0 Å². The minimum atomic E-state index is -0.169. The fourth-order valence-corrected chi connectivity index (χ4v) is 5.54. The quantitative estimate of drug-likeness (QED) is 0.186. The first-order chi connectivity index (χ1) is 19.3. The van der Waals surface area contributed by atoms with E-state index in [1.807, 2.05) is 54.6 Å². The summed E-state index contributed by atoms with van der Waals surface area (Å²) >= 11 is 0. The van der Waals surface area contributed by atoms with Crippen molar-refractivity contribution < 1.29 is 20.1 Å². The summed E-state index contributed by atoms with van der Waals surface area (Å²) in [5, 5.41) is 0. The SMILES string of the molecule is [Ir+3].[c-]1ccccc1C1c2cccc(n2)C(c2[c-]cccc2)c2cccc(n2)C(c2[c-]cccc2)c2cccc1n2. The van der Waals surface area contributed by atoms with Gasteiger partial charge in [-0.15, -0.1) is 16.7 Å². The molecule has 3 aromatic heterocycles. The zero-order chi connectivity index (χ0) is 26.0. The predicted octanol–water partition coefficient (Wildman–Crippen LogP) is 7.12. The van der Waals surface area contributed by atoms with E-state index in [0.29, 0.717) is 0 Å². The van der Waals surface area contributed by atoms with Gasteiger partial charge in [0.1, 0.15) is 0 Å². The summed E-state index contributed by atoms with van der Waals surface area (Å²) in [7, 11) is 0. The Balaban J connectivity index is 0.00000289. The molecule has 0 saturated carbocycles. The van der Waals surface area contributed by atoms with Gasteiger partial charge in [0.05, 0.1) is 34.2 Å². The van der Waals surface area contributed by atoms with E-state index in [4.69, 9.17) is 15.0 Å². The average molecular weight is 691 g/mol. The van der Waals surface area contributed by atoms with Crippen molar-refractivity contribution in [1.29, 1.82) is 0 Å². The molecule has 0 aliphatic carbocycles. The first-order valence-electron chi connectivity index (χ1n) is 13.2. The van der Waals surface area contributed by atoms with Crippen molar-refractivity contribution in [2.45, 2.75) is 17.8 Å². The minimum Gasteiger partial charge on any atom is -0.256 e. The van der Waals surface area contributed by atoms with E-state index in [9.17, 15) is 0 Å². The van der Waals surface area contributed by atoms with Crippen LogP contribution in [0.3, 0.4) is 0 Å². The molecule has 192 valence electrons. The molecule has 0 unspecified atom stereocenters. The first-order valence-corrected chi connectivity index (χ1v) is 13.2. The molecule has 1 aliphatic rings. The Morgan fingerprint density at radius 1 is 0.350 bits per heavy atom. The third kappa shape index (κ3) is 4.93. The van der Waals surface area contributed by atoms with E-state index in [1.165, 1.54) is 0 Å². The summed E-state index contributed by atoms with van der Waals surface area (Å²) in [5.74, 6) is -0.507. The van der Waals surface area contributed by atoms with E-state index in [1.54, 1.807) is 0 Å². The van der Waals surface area contributed by atoms with Gasteiger partial charge in [0.15, 0.2) is 0 Å². The predicted molar refractivity (Wildman–Crippen MR) is 151 cm³/mol. The topological polar surface area (TPSA) is 38.7 Å².